The highest BCUT2D eigenvalue weighted by Crippen LogP contribution is 2.05. The lowest BCUT2D eigenvalue weighted by molar-refractivity contribution is 0.0550. The summed E-state index contributed by atoms with van der Waals surface area (Å²) in [6, 6.07) is 15.0. The fourth-order valence-electron chi connectivity index (χ4n) is 1.54. The van der Waals surface area contributed by atoms with Crippen molar-refractivity contribution in [1.29, 1.82) is 0 Å². The molecule has 2 aromatic carbocycles. The fourth-order valence-corrected chi connectivity index (χ4v) is 1.54. The van der Waals surface area contributed by atoms with E-state index in [1.165, 1.54) is 24.3 Å². The molecule has 0 bridgehead atoms. The molecule has 0 amide bonds. The van der Waals surface area contributed by atoms with Crippen molar-refractivity contribution in [1.82, 2.24) is 0 Å². The molecule has 19 heavy (non-hydrogen) atoms. The minimum absolute atomic E-state index is 0.186. The maximum Gasteiger partial charge on any atom is 0.338 e. The van der Waals surface area contributed by atoms with Crippen molar-refractivity contribution >= 4 is 12.0 Å². The second-order valence-electron chi connectivity index (χ2n) is 3.92. The number of hydrogen-bond acceptors (Lipinski definition) is 2. The lowest BCUT2D eigenvalue weighted by Gasteiger charge is -2.01. The molecule has 0 unspecified atom stereocenters. The van der Waals surface area contributed by atoms with E-state index in [2.05, 4.69) is 0 Å². The van der Waals surface area contributed by atoms with Crippen LogP contribution in [0.15, 0.2) is 60.7 Å². The Labute approximate surface area is 111 Å². The van der Waals surface area contributed by atoms with Crippen molar-refractivity contribution in [2.75, 3.05) is 6.61 Å². The highest BCUT2D eigenvalue weighted by molar-refractivity contribution is 5.89. The van der Waals surface area contributed by atoms with Crippen LogP contribution in [0.2, 0.25) is 0 Å². The van der Waals surface area contributed by atoms with Gasteiger partial charge in [-0.25, -0.2) is 9.18 Å². The number of ether oxygens (including phenoxy) is 1. The molecule has 0 aliphatic heterocycles. The van der Waals surface area contributed by atoms with Gasteiger partial charge in [-0.1, -0.05) is 36.4 Å². The summed E-state index contributed by atoms with van der Waals surface area (Å²) in [6.45, 7) is 0.186. The van der Waals surface area contributed by atoms with E-state index in [0.717, 1.165) is 5.56 Å². The van der Waals surface area contributed by atoms with Gasteiger partial charge in [-0.15, -0.1) is 0 Å². The van der Waals surface area contributed by atoms with Gasteiger partial charge < -0.3 is 4.74 Å². The number of halogens is 1. The van der Waals surface area contributed by atoms with Crippen LogP contribution in [0.1, 0.15) is 15.9 Å². The molecule has 96 valence electrons. The van der Waals surface area contributed by atoms with E-state index in [0.29, 0.717) is 5.56 Å². The molecule has 2 rings (SSSR count). The lowest BCUT2D eigenvalue weighted by Crippen LogP contribution is -2.04. The Morgan fingerprint density at radius 3 is 2.42 bits per heavy atom. The summed E-state index contributed by atoms with van der Waals surface area (Å²) < 4.78 is 17.7. The van der Waals surface area contributed by atoms with E-state index in [1.807, 2.05) is 36.4 Å². The molecule has 0 aliphatic carbocycles. The molecular formula is C16H13FO2. The van der Waals surface area contributed by atoms with Crippen LogP contribution in [-0.2, 0) is 4.74 Å². The number of carbonyl (C=O) groups excluding carboxylic acids is 1. The molecule has 2 aromatic rings. The zero-order valence-corrected chi connectivity index (χ0v) is 10.3. The lowest BCUT2D eigenvalue weighted by atomic mass is 10.2. The topological polar surface area (TPSA) is 26.3 Å². The highest BCUT2D eigenvalue weighted by atomic mass is 19.1. The van der Waals surface area contributed by atoms with E-state index < -0.39 is 5.97 Å². The van der Waals surface area contributed by atoms with Gasteiger partial charge in [0.1, 0.15) is 12.4 Å². The van der Waals surface area contributed by atoms with Crippen molar-refractivity contribution in [2.45, 2.75) is 0 Å². The summed E-state index contributed by atoms with van der Waals surface area (Å²) in [4.78, 5) is 11.6. The molecule has 0 heterocycles. The van der Waals surface area contributed by atoms with Gasteiger partial charge >= 0.3 is 5.97 Å². The first-order valence-corrected chi connectivity index (χ1v) is 5.90. The van der Waals surface area contributed by atoms with Gasteiger partial charge in [0.2, 0.25) is 0 Å². The Morgan fingerprint density at radius 2 is 1.74 bits per heavy atom. The Balaban J connectivity index is 1.84. The minimum atomic E-state index is -0.460. The Bertz CT molecular complexity index is 559. The normalized spacial score (nSPS) is 10.6. The standard InChI is InChI=1S/C16H13FO2/c17-15-10-8-14(9-11-15)16(18)19-12-4-7-13-5-2-1-3-6-13/h1-11H,12H2/b7-4+. The monoisotopic (exact) mass is 256 g/mol. The zero-order chi connectivity index (χ0) is 13.5. The SMILES string of the molecule is O=C(OC/C=C/c1ccccc1)c1ccc(F)cc1. The summed E-state index contributed by atoms with van der Waals surface area (Å²) in [6.07, 6.45) is 3.63. The van der Waals surface area contributed by atoms with Crippen LogP contribution < -0.4 is 0 Å². The number of benzene rings is 2. The van der Waals surface area contributed by atoms with Gasteiger partial charge in [-0.05, 0) is 35.9 Å². The molecule has 2 nitrogen and oxygen atoms in total. The van der Waals surface area contributed by atoms with Gasteiger partial charge in [0.25, 0.3) is 0 Å². The molecule has 0 saturated heterocycles. The number of esters is 1. The smallest absolute Gasteiger partial charge is 0.338 e. The molecular weight excluding hydrogens is 243 g/mol. The number of hydrogen-bond donors (Lipinski definition) is 0. The van der Waals surface area contributed by atoms with Crippen LogP contribution in [0.4, 0.5) is 4.39 Å². The van der Waals surface area contributed by atoms with Gasteiger partial charge in [0, 0.05) is 0 Å². The fraction of sp³-hybridized carbons (Fsp3) is 0.0625. The van der Waals surface area contributed by atoms with E-state index in [1.54, 1.807) is 6.08 Å². The summed E-state index contributed by atoms with van der Waals surface area (Å²) in [5.74, 6) is -0.835. The largest absolute Gasteiger partial charge is 0.458 e. The van der Waals surface area contributed by atoms with Crippen LogP contribution in [-0.4, -0.2) is 12.6 Å². The maximum absolute atomic E-state index is 12.7. The summed E-state index contributed by atoms with van der Waals surface area (Å²) in [7, 11) is 0. The Kier molecular flexibility index (Phi) is 4.45. The van der Waals surface area contributed by atoms with E-state index in [-0.39, 0.29) is 12.4 Å². The Hall–Kier alpha value is -2.42. The third-order valence-electron chi connectivity index (χ3n) is 2.50. The molecule has 0 N–H and O–H groups in total. The molecule has 0 radical (unpaired) electrons. The van der Waals surface area contributed by atoms with Gasteiger partial charge in [-0.3, -0.25) is 0 Å². The summed E-state index contributed by atoms with van der Waals surface area (Å²) >= 11 is 0. The average Bonchev–Trinajstić information content (AvgIpc) is 2.45. The first-order chi connectivity index (χ1) is 9.25. The average molecular weight is 256 g/mol. The van der Waals surface area contributed by atoms with Crippen LogP contribution in [0.3, 0.4) is 0 Å². The third-order valence-corrected chi connectivity index (χ3v) is 2.50. The van der Waals surface area contributed by atoms with Crippen molar-refractivity contribution in [2.24, 2.45) is 0 Å². The second-order valence-corrected chi connectivity index (χ2v) is 3.92. The molecule has 0 fully saturated rings. The highest BCUT2D eigenvalue weighted by Gasteiger charge is 2.05. The third kappa shape index (κ3) is 4.07. The van der Waals surface area contributed by atoms with Crippen molar-refractivity contribution in [3.63, 3.8) is 0 Å². The van der Waals surface area contributed by atoms with Crippen LogP contribution in [0, 0.1) is 5.82 Å². The zero-order valence-electron chi connectivity index (χ0n) is 10.3. The first-order valence-electron chi connectivity index (χ1n) is 5.90. The molecule has 0 spiro atoms. The van der Waals surface area contributed by atoms with Crippen molar-refractivity contribution < 1.29 is 13.9 Å². The molecule has 0 atom stereocenters. The van der Waals surface area contributed by atoms with Gasteiger partial charge in [-0.2, -0.15) is 0 Å². The molecule has 0 saturated carbocycles. The first kappa shape index (κ1) is 13.0. The summed E-state index contributed by atoms with van der Waals surface area (Å²) in [5.41, 5.74) is 1.38. The molecule has 3 heteroatoms. The quantitative estimate of drug-likeness (QED) is 0.780. The predicted molar refractivity (Wildman–Crippen MR) is 72.2 cm³/mol. The molecule has 0 aromatic heterocycles. The maximum atomic E-state index is 12.7. The van der Waals surface area contributed by atoms with E-state index in [4.69, 9.17) is 4.74 Å². The Morgan fingerprint density at radius 1 is 1.05 bits per heavy atom. The van der Waals surface area contributed by atoms with Crippen LogP contribution in [0.5, 0.6) is 0 Å². The van der Waals surface area contributed by atoms with Gasteiger partial charge in [0.05, 0.1) is 5.56 Å². The van der Waals surface area contributed by atoms with E-state index >= 15 is 0 Å². The van der Waals surface area contributed by atoms with Crippen molar-refractivity contribution in [3.05, 3.63) is 77.6 Å². The van der Waals surface area contributed by atoms with E-state index in [9.17, 15) is 9.18 Å². The van der Waals surface area contributed by atoms with Crippen LogP contribution >= 0.6 is 0 Å². The summed E-state index contributed by atoms with van der Waals surface area (Å²) in [5, 5.41) is 0. The predicted octanol–water partition coefficient (Wildman–Crippen LogP) is 3.70. The number of carbonyl (C=O) groups is 1. The van der Waals surface area contributed by atoms with Crippen LogP contribution in [0.25, 0.3) is 6.08 Å². The van der Waals surface area contributed by atoms with Gasteiger partial charge in [0.15, 0.2) is 0 Å². The van der Waals surface area contributed by atoms with Crippen molar-refractivity contribution in [3.8, 4) is 0 Å². The number of rotatable bonds is 4. The molecule has 0 aliphatic rings. The second kappa shape index (κ2) is 6.50. The minimum Gasteiger partial charge on any atom is -0.458 e.